The maximum atomic E-state index is 5.93. The van der Waals surface area contributed by atoms with E-state index in [-0.39, 0.29) is 11.6 Å². The fourth-order valence-corrected chi connectivity index (χ4v) is 1.17. The topological polar surface area (TPSA) is 33.7 Å². The van der Waals surface area contributed by atoms with Gasteiger partial charge in [-0.2, -0.15) is 0 Å². The summed E-state index contributed by atoms with van der Waals surface area (Å²) in [6.07, 6.45) is 0.113. The second-order valence-corrected chi connectivity index (χ2v) is 5.66. The minimum atomic E-state index is 0.0455. The molecule has 1 unspecified atom stereocenters. The van der Waals surface area contributed by atoms with Gasteiger partial charge in [-0.1, -0.05) is 13.8 Å². The Labute approximate surface area is 107 Å². The van der Waals surface area contributed by atoms with E-state index in [0.717, 1.165) is 6.54 Å². The van der Waals surface area contributed by atoms with E-state index in [1.54, 1.807) is 7.11 Å². The summed E-state index contributed by atoms with van der Waals surface area (Å²) in [7, 11) is 5.85. The van der Waals surface area contributed by atoms with Crippen LogP contribution in [0.2, 0.25) is 0 Å². The molecule has 0 bridgehead atoms. The summed E-state index contributed by atoms with van der Waals surface area (Å²) < 4.78 is 11.1. The highest BCUT2D eigenvalue weighted by Gasteiger charge is 2.22. The van der Waals surface area contributed by atoms with Crippen molar-refractivity contribution >= 4 is 0 Å². The summed E-state index contributed by atoms with van der Waals surface area (Å²) >= 11 is 0. The second kappa shape index (κ2) is 8.03. The fourth-order valence-electron chi connectivity index (χ4n) is 1.17. The van der Waals surface area contributed by atoms with Crippen LogP contribution in [-0.2, 0) is 9.47 Å². The molecule has 0 radical (unpaired) electrons. The van der Waals surface area contributed by atoms with Gasteiger partial charge in [0.25, 0.3) is 0 Å². The zero-order valence-corrected chi connectivity index (χ0v) is 12.5. The molecule has 17 heavy (non-hydrogen) atoms. The van der Waals surface area contributed by atoms with Crippen molar-refractivity contribution in [3.8, 4) is 0 Å². The van der Waals surface area contributed by atoms with E-state index in [9.17, 15) is 0 Å². The first-order valence-electron chi connectivity index (χ1n) is 6.31. The zero-order valence-electron chi connectivity index (χ0n) is 12.5. The first kappa shape index (κ1) is 16.8. The van der Waals surface area contributed by atoms with Gasteiger partial charge in [-0.25, -0.2) is 0 Å². The highest BCUT2D eigenvalue weighted by atomic mass is 16.5. The lowest BCUT2D eigenvalue weighted by atomic mass is 10.1. The first-order valence-corrected chi connectivity index (χ1v) is 6.31. The molecule has 4 nitrogen and oxygen atoms in total. The van der Waals surface area contributed by atoms with Crippen molar-refractivity contribution in [2.75, 3.05) is 41.0 Å². The predicted octanol–water partition coefficient (Wildman–Crippen LogP) is 1.36. The fraction of sp³-hybridized carbons (Fsp3) is 1.00. The molecule has 0 aromatic rings. The molecule has 0 heterocycles. The van der Waals surface area contributed by atoms with Gasteiger partial charge in [0, 0.05) is 25.2 Å². The number of rotatable bonds is 9. The number of methoxy groups -OCH3 is 1. The van der Waals surface area contributed by atoms with E-state index >= 15 is 0 Å². The third-order valence-electron chi connectivity index (χ3n) is 2.99. The molecule has 0 saturated carbocycles. The average molecular weight is 246 g/mol. The van der Waals surface area contributed by atoms with Gasteiger partial charge >= 0.3 is 0 Å². The lowest BCUT2D eigenvalue weighted by Gasteiger charge is -2.34. The Hall–Kier alpha value is -0.160. The first-order chi connectivity index (χ1) is 7.79. The number of nitrogens with one attached hydrogen (secondary N) is 1. The number of ether oxygens (including phenoxy) is 2. The van der Waals surface area contributed by atoms with Crippen molar-refractivity contribution < 1.29 is 9.47 Å². The Balaban J connectivity index is 4.07. The molecule has 4 heteroatoms. The Kier molecular flexibility index (Phi) is 7.96. The molecular weight excluding hydrogens is 216 g/mol. The summed E-state index contributed by atoms with van der Waals surface area (Å²) in [5.41, 5.74) is 0.0455. The largest absolute Gasteiger partial charge is 0.382 e. The Morgan fingerprint density at radius 2 is 1.82 bits per heavy atom. The van der Waals surface area contributed by atoms with Gasteiger partial charge in [-0.3, -0.25) is 0 Å². The van der Waals surface area contributed by atoms with Gasteiger partial charge in [0.1, 0.15) is 0 Å². The molecule has 0 amide bonds. The number of hydrogen-bond donors (Lipinski definition) is 1. The maximum absolute atomic E-state index is 5.93. The van der Waals surface area contributed by atoms with Crippen LogP contribution in [0.3, 0.4) is 0 Å². The summed E-state index contributed by atoms with van der Waals surface area (Å²) in [5.74, 6) is 0. The zero-order chi connectivity index (χ0) is 13.5. The summed E-state index contributed by atoms with van der Waals surface area (Å²) in [5, 5.41) is 3.38. The lowest BCUT2D eigenvalue weighted by Crippen LogP contribution is -2.45. The van der Waals surface area contributed by atoms with Gasteiger partial charge in [0.2, 0.25) is 0 Å². The molecule has 1 N–H and O–H groups in total. The normalized spacial score (nSPS) is 14.6. The van der Waals surface area contributed by atoms with Crippen LogP contribution in [0.15, 0.2) is 0 Å². The van der Waals surface area contributed by atoms with Crippen LogP contribution in [-0.4, -0.2) is 63.5 Å². The van der Waals surface area contributed by atoms with E-state index in [4.69, 9.17) is 9.47 Å². The van der Waals surface area contributed by atoms with Crippen LogP contribution in [0.5, 0.6) is 0 Å². The SMILES string of the molecule is COCC(CNC(C)C)OCC(C)(C)N(C)C. The molecule has 1 atom stereocenters. The van der Waals surface area contributed by atoms with Crippen LogP contribution in [0.4, 0.5) is 0 Å². The lowest BCUT2D eigenvalue weighted by molar-refractivity contribution is -0.0419. The third-order valence-corrected chi connectivity index (χ3v) is 2.99. The third kappa shape index (κ3) is 7.71. The van der Waals surface area contributed by atoms with E-state index in [1.807, 2.05) is 0 Å². The van der Waals surface area contributed by atoms with Crippen molar-refractivity contribution in [2.45, 2.75) is 45.4 Å². The summed E-state index contributed by atoms with van der Waals surface area (Å²) in [6.45, 7) is 10.8. The van der Waals surface area contributed by atoms with Crippen LogP contribution < -0.4 is 5.32 Å². The smallest absolute Gasteiger partial charge is 0.0933 e. The van der Waals surface area contributed by atoms with Crippen LogP contribution in [0.1, 0.15) is 27.7 Å². The average Bonchev–Trinajstić information content (AvgIpc) is 2.21. The molecule has 0 saturated heterocycles. The number of likely N-dealkylation sites (N-methyl/N-ethyl adjacent to an activating group) is 1. The van der Waals surface area contributed by atoms with Gasteiger partial charge < -0.3 is 19.7 Å². The Morgan fingerprint density at radius 1 is 1.24 bits per heavy atom. The quantitative estimate of drug-likeness (QED) is 0.666. The summed E-state index contributed by atoms with van der Waals surface area (Å²) in [6, 6.07) is 0.472. The Morgan fingerprint density at radius 3 is 2.24 bits per heavy atom. The number of nitrogens with zero attached hydrogens (tertiary/aromatic N) is 1. The maximum Gasteiger partial charge on any atom is 0.0933 e. The van der Waals surface area contributed by atoms with Crippen molar-refractivity contribution in [1.82, 2.24) is 10.2 Å². The van der Waals surface area contributed by atoms with Crippen molar-refractivity contribution in [3.63, 3.8) is 0 Å². The molecule has 0 rings (SSSR count). The highest BCUT2D eigenvalue weighted by Crippen LogP contribution is 2.11. The molecule has 104 valence electrons. The van der Waals surface area contributed by atoms with E-state index < -0.39 is 0 Å². The summed E-state index contributed by atoms with van der Waals surface area (Å²) in [4.78, 5) is 2.17. The minimum absolute atomic E-state index is 0.0455. The molecule has 0 aliphatic carbocycles. The van der Waals surface area contributed by atoms with Crippen molar-refractivity contribution in [2.24, 2.45) is 0 Å². The van der Waals surface area contributed by atoms with Crippen molar-refractivity contribution in [3.05, 3.63) is 0 Å². The van der Waals surface area contributed by atoms with Gasteiger partial charge in [-0.15, -0.1) is 0 Å². The minimum Gasteiger partial charge on any atom is -0.382 e. The van der Waals surface area contributed by atoms with Crippen LogP contribution >= 0.6 is 0 Å². The molecular formula is C13H30N2O2. The molecule has 0 spiro atoms. The molecule has 0 aliphatic heterocycles. The van der Waals surface area contributed by atoms with E-state index in [1.165, 1.54) is 0 Å². The van der Waals surface area contributed by atoms with Crippen molar-refractivity contribution in [1.29, 1.82) is 0 Å². The van der Waals surface area contributed by atoms with Gasteiger partial charge in [0.15, 0.2) is 0 Å². The molecule has 0 aromatic heterocycles. The molecule has 0 fully saturated rings. The number of hydrogen-bond acceptors (Lipinski definition) is 4. The Bertz CT molecular complexity index is 194. The standard InChI is InChI=1S/C13H30N2O2/c1-11(2)14-8-12(9-16-7)17-10-13(3,4)15(5)6/h11-12,14H,8-10H2,1-7H3. The van der Waals surface area contributed by atoms with E-state index in [0.29, 0.717) is 19.3 Å². The van der Waals surface area contributed by atoms with Gasteiger partial charge in [-0.05, 0) is 27.9 Å². The highest BCUT2D eigenvalue weighted by molar-refractivity contribution is 4.77. The van der Waals surface area contributed by atoms with Gasteiger partial charge in [0.05, 0.1) is 19.3 Å². The molecule has 0 aromatic carbocycles. The van der Waals surface area contributed by atoms with Crippen LogP contribution in [0.25, 0.3) is 0 Å². The molecule has 0 aliphatic rings. The predicted molar refractivity (Wildman–Crippen MR) is 72.5 cm³/mol. The monoisotopic (exact) mass is 246 g/mol. The second-order valence-electron chi connectivity index (χ2n) is 5.66. The van der Waals surface area contributed by atoms with E-state index in [2.05, 4.69) is 52.0 Å². The van der Waals surface area contributed by atoms with Crippen LogP contribution in [0, 0.1) is 0 Å².